The fraction of sp³-hybridized carbons (Fsp3) is 0.125. The first kappa shape index (κ1) is 10.3. The molecule has 0 atom stereocenters. The molecule has 2 N–H and O–H groups in total. The molecule has 0 heterocycles. The van der Waals surface area contributed by atoms with Crippen molar-refractivity contribution in [2.45, 2.75) is 0 Å². The Hall–Kier alpha value is -0.740. The minimum atomic E-state index is -0.897. The molecular formula is C8H7BrClNO2. The predicted molar refractivity (Wildman–Crippen MR) is 55.3 cm³/mol. The first-order valence-corrected chi connectivity index (χ1v) is 4.67. The van der Waals surface area contributed by atoms with Crippen LogP contribution in [0, 0.1) is 0 Å². The van der Waals surface area contributed by atoms with E-state index in [2.05, 4.69) is 21.2 Å². The molecule has 0 aromatic heterocycles. The highest BCUT2D eigenvalue weighted by atomic mass is 79.9. The summed E-state index contributed by atoms with van der Waals surface area (Å²) in [6, 6.07) is 5.14. The maximum atomic E-state index is 10.2. The van der Waals surface area contributed by atoms with E-state index in [1.54, 1.807) is 18.2 Å². The molecule has 5 heteroatoms. The van der Waals surface area contributed by atoms with Crippen LogP contribution < -0.4 is 5.32 Å². The van der Waals surface area contributed by atoms with Crippen molar-refractivity contribution in [3.8, 4) is 0 Å². The Bertz CT molecular complexity index is 330. The van der Waals surface area contributed by atoms with Gasteiger partial charge in [-0.05, 0) is 34.1 Å². The minimum absolute atomic E-state index is 0.103. The highest BCUT2D eigenvalue weighted by Crippen LogP contribution is 2.25. The second kappa shape index (κ2) is 4.48. The van der Waals surface area contributed by atoms with Crippen LogP contribution in [0.2, 0.25) is 5.02 Å². The molecule has 0 fully saturated rings. The third kappa shape index (κ3) is 3.24. The second-order valence-corrected chi connectivity index (χ2v) is 3.64. The van der Waals surface area contributed by atoms with Gasteiger partial charge in [-0.3, -0.25) is 4.79 Å². The fourth-order valence-corrected chi connectivity index (χ4v) is 1.28. The van der Waals surface area contributed by atoms with E-state index >= 15 is 0 Å². The summed E-state index contributed by atoms with van der Waals surface area (Å²) < 4.78 is 0.740. The number of carboxylic acids is 1. The molecule has 0 radical (unpaired) electrons. The molecule has 0 bridgehead atoms. The first-order valence-electron chi connectivity index (χ1n) is 3.50. The van der Waals surface area contributed by atoms with E-state index in [1.165, 1.54) is 0 Å². The van der Waals surface area contributed by atoms with E-state index in [0.29, 0.717) is 5.02 Å². The van der Waals surface area contributed by atoms with Gasteiger partial charge in [0.2, 0.25) is 0 Å². The summed E-state index contributed by atoms with van der Waals surface area (Å²) in [6.07, 6.45) is 0. The second-order valence-electron chi connectivity index (χ2n) is 2.38. The van der Waals surface area contributed by atoms with Gasteiger partial charge in [0, 0.05) is 10.2 Å². The SMILES string of the molecule is O=C(O)CNc1ccc(Cl)c(Br)c1. The number of nitrogens with one attached hydrogen (secondary N) is 1. The Morgan fingerprint density at radius 2 is 2.31 bits per heavy atom. The number of hydrogen-bond donors (Lipinski definition) is 2. The van der Waals surface area contributed by atoms with Gasteiger partial charge >= 0.3 is 5.97 Å². The lowest BCUT2D eigenvalue weighted by Gasteiger charge is -2.04. The van der Waals surface area contributed by atoms with Crippen molar-refractivity contribution < 1.29 is 9.90 Å². The van der Waals surface area contributed by atoms with Crippen LogP contribution in [0.4, 0.5) is 5.69 Å². The molecule has 0 aliphatic rings. The van der Waals surface area contributed by atoms with Gasteiger partial charge in [0.15, 0.2) is 0 Å². The number of carbonyl (C=O) groups is 1. The Kier molecular flexibility index (Phi) is 3.57. The predicted octanol–water partition coefficient (Wildman–Crippen LogP) is 2.60. The van der Waals surface area contributed by atoms with Gasteiger partial charge in [-0.25, -0.2) is 0 Å². The van der Waals surface area contributed by atoms with Gasteiger partial charge in [-0.1, -0.05) is 11.6 Å². The molecule has 0 saturated heterocycles. The quantitative estimate of drug-likeness (QED) is 0.882. The molecule has 70 valence electrons. The number of anilines is 1. The van der Waals surface area contributed by atoms with Gasteiger partial charge in [0.25, 0.3) is 0 Å². The van der Waals surface area contributed by atoms with E-state index in [4.69, 9.17) is 16.7 Å². The number of carboxylic acid groups (broad SMARTS) is 1. The zero-order valence-corrected chi connectivity index (χ0v) is 8.89. The minimum Gasteiger partial charge on any atom is -0.480 e. The number of benzene rings is 1. The van der Waals surface area contributed by atoms with Crippen molar-refractivity contribution in [3.63, 3.8) is 0 Å². The van der Waals surface area contributed by atoms with Crippen molar-refractivity contribution in [2.24, 2.45) is 0 Å². The topological polar surface area (TPSA) is 49.3 Å². The average Bonchev–Trinajstić information content (AvgIpc) is 2.07. The van der Waals surface area contributed by atoms with Crippen molar-refractivity contribution in [3.05, 3.63) is 27.7 Å². The van der Waals surface area contributed by atoms with Crippen LogP contribution in [0.3, 0.4) is 0 Å². The molecular weight excluding hydrogens is 257 g/mol. The molecule has 0 aliphatic heterocycles. The molecule has 1 aromatic carbocycles. The maximum absolute atomic E-state index is 10.2. The molecule has 1 rings (SSSR count). The lowest BCUT2D eigenvalue weighted by atomic mass is 10.3. The Labute approximate surface area is 88.8 Å². The van der Waals surface area contributed by atoms with E-state index in [9.17, 15) is 4.79 Å². The van der Waals surface area contributed by atoms with E-state index in [1.807, 2.05) is 0 Å². The Morgan fingerprint density at radius 3 is 2.85 bits per heavy atom. The summed E-state index contributed by atoms with van der Waals surface area (Å²) in [5.74, 6) is -0.897. The summed E-state index contributed by atoms with van der Waals surface area (Å²) in [5, 5.41) is 11.7. The number of hydrogen-bond acceptors (Lipinski definition) is 2. The molecule has 0 aliphatic carbocycles. The van der Waals surface area contributed by atoms with Gasteiger partial charge in [0.05, 0.1) is 5.02 Å². The monoisotopic (exact) mass is 263 g/mol. The molecule has 0 amide bonds. The number of aliphatic carboxylic acids is 1. The van der Waals surface area contributed by atoms with Crippen LogP contribution in [0.5, 0.6) is 0 Å². The zero-order valence-electron chi connectivity index (χ0n) is 6.55. The summed E-state index contributed by atoms with van der Waals surface area (Å²) in [5.41, 5.74) is 0.721. The van der Waals surface area contributed by atoms with Crippen LogP contribution in [-0.2, 0) is 4.79 Å². The van der Waals surface area contributed by atoms with Crippen LogP contribution in [-0.4, -0.2) is 17.6 Å². The number of halogens is 2. The lowest BCUT2D eigenvalue weighted by molar-refractivity contribution is -0.134. The maximum Gasteiger partial charge on any atom is 0.322 e. The van der Waals surface area contributed by atoms with Crippen molar-refractivity contribution in [1.82, 2.24) is 0 Å². The largest absolute Gasteiger partial charge is 0.480 e. The Morgan fingerprint density at radius 1 is 1.62 bits per heavy atom. The van der Waals surface area contributed by atoms with Gasteiger partial charge < -0.3 is 10.4 Å². The fourth-order valence-electron chi connectivity index (χ4n) is 0.784. The van der Waals surface area contributed by atoms with E-state index in [0.717, 1.165) is 10.2 Å². The van der Waals surface area contributed by atoms with Crippen molar-refractivity contribution >= 4 is 39.2 Å². The molecule has 0 spiro atoms. The third-order valence-corrected chi connectivity index (χ3v) is 2.58. The molecule has 0 saturated carbocycles. The van der Waals surface area contributed by atoms with Crippen LogP contribution in [0.25, 0.3) is 0 Å². The van der Waals surface area contributed by atoms with Crippen LogP contribution in [0.15, 0.2) is 22.7 Å². The normalized spacial score (nSPS) is 9.69. The summed E-state index contributed by atoms with van der Waals surface area (Å²) in [6.45, 7) is -0.103. The summed E-state index contributed by atoms with van der Waals surface area (Å²) in [4.78, 5) is 10.2. The highest BCUT2D eigenvalue weighted by molar-refractivity contribution is 9.10. The molecule has 0 unspecified atom stereocenters. The average molecular weight is 265 g/mol. The zero-order chi connectivity index (χ0) is 9.84. The van der Waals surface area contributed by atoms with Gasteiger partial charge in [-0.15, -0.1) is 0 Å². The van der Waals surface area contributed by atoms with E-state index in [-0.39, 0.29) is 6.54 Å². The molecule has 3 nitrogen and oxygen atoms in total. The molecule has 1 aromatic rings. The third-order valence-electron chi connectivity index (χ3n) is 1.36. The molecule has 13 heavy (non-hydrogen) atoms. The number of rotatable bonds is 3. The lowest BCUT2D eigenvalue weighted by Crippen LogP contribution is -2.12. The first-order chi connectivity index (χ1) is 6.09. The highest BCUT2D eigenvalue weighted by Gasteiger charge is 2.00. The standard InChI is InChI=1S/C8H7BrClNO2/c9-6-3-5(1-2-7(6)10)11-4-8(12)13/h1-3,11H,4H2,(H,12,13). The van der Waals surface area contributed by atoms with Crippen LogP contribution >= 0.6 is 27.5 Å². The van der Waals surface area contributed by atoms with Crippen molar-refractivity contribution in [1.29, 1.82) is 0 Å². The van der Waals surface area contributed by atoms with Gasteiger partial charge in [0.1, 0.15) is 6.54 Å². The van der Waals surface area contributed by atoms with Crippen molar-refractivity contribution in [2.75, 3.05) is 11.9 Å². The summed E-state index contributed by atoms with van der Waals surface area (Å²) >= 11 is 8.99. The van der Waals surface area contributed by atoms with Gasteiger partial charge in [-0.2, -0.15) is 0 Å². The van der Waals surface area contributed by atoms with Crippen LogP contribution in [0.1, 0.15) is 0 Å². The van der Waals surface area contributed by atoms with E-state index < -0.39 is 5.97 Å². The Balaban J connectivity index is 2.68. The smallest absolute Gasteiger partial charge is 0.322 e. The summed E-state index contributed by atoms with van der Waals surface area (Å²) in [7, 11) is 0.